The van der Waals surface area contributed by atoms with Gasteiger partial charge < -0.3 is 19.4 Å². The van der Waals surface area contributed by atoms with Gasteiger partial charge in [0.25, 0.3) is 5.56 Å². The van der Waals surface area contributed by atoms with Gasteiger partial charge in [-0.05, 0) is 45.2 Å². The molecule has 190 valence electrons. The third-order valence-electron chi connectivity index (χ3n) is 5.13. The Morgan fingerprint density at radius 3 is 2.57 bits per heavy atom. The van der Waals surface area contributed by atoms with E-state index in [4.69, 9.17) is 9.47 Å². The van der Waals surface area contributed by atoms with Crippen LogP contribution < -0.4 is 21.4 Å². The molecule has 0 bridgehead atoms. The maximum Gasteiger partial charge on any atom is 0.439 e. The second kappa shape index (κ2) is 10.8. The van der Waals surface area contributed by atoms with Gasteiger partial charge in [-0.1, -0.05) is 38.4 Å². The summed E-state index contributed by atoms with van der Waals surface area (Å²) in [5.74, 6) is 0.246. The zero-order valence-corrected chi connectivity index (χ0v) is 21.2. The van der Waals surface area contributed by atoms with Crippen LogP contribution in [0.25, 0.3) is 22.2 Å². The van der Waals surface area contributed by atoms with Gasteiger partial charge >= 0.3 is 11.8 Å². The first kappa shape index (κ1) is 26.1. The van der Waals surface area contributed by atoms with Crippen molar-refractivity contribution in [3.63, 3.8) is 0 Å². The van der Waals surface area contributed by atoms with Gasteiger partial charge in [-0.15, -0.1) is 0 Å². The number of ether oxygens (including phenoxy) is 2. The summed E-state index contributed by atoms with van der Waals surface area (Å²) in [6, 6.07) is 5.13. The molecule has 0 atom stereocenters. The molecule has 2 heterocycles. The van der Waals surface area contributed by atoms with Gasteiger partial charge in [0.1, 0.15) is 11.4 Å². The summed E-state index contributed by atoms with van der Waals surface area (Å²) in [7, 11) is 0. The Bertz CT molecular complexity index is 1300. The molecule has 3 rings (SSSR count). The average Bonchev–Trinajstić information content (AvgIpc) is 3.20. The molecule has 0 spiro atoms. The number of rotatable bonds is 9. The number of hydrogen-bond acceptors (Lipinski definition) is 7. The Labute approximate surface area is 203 Å². The van der Waals surface area contributed by atoms with Crippen molar-refractivity contribution >= 4 is 16.9 Å². The summed E-state index contributed by atoms with van der Waals surface area (Å²) in [6.45, 7) is 12.4. The number of carbonyl (C=O) groups excluding carboxylic acids is 1. The highest BCUT2D eigenvalue weighted by molar-refractivity contribution is 5.91. The molecule has 0 saturated heterocycles. The third kappa shape index (κ3) is 6.52. The van der Waals surface area contributed by atoms with Gasteiger partial charge in [0, 0.05) is 17.5 Å². The molecule has 0 fully saturated rings. The van der Waals surface area contributed by atoms with E-state index in [0.29, 0.717) is 40.9 Å². The van der Waals surface area contributed by atoms with Crippen molar-refractivity contribution in [2.75, 3.05) is 6.61 Å². The minimum Gasteiger partial charge on any atom is -0.491 e. The summed E-state index contributed by atoms with van der Waals surface area (Å²) in [6.07, 6.45) is 1.16. The highest BCUT2D eigenvalue weighted by Crippen LogP contribution is 2.32. The molecule has 35 heavy (non-hydrogen) atoms. The Balaban J connectivity index is 2.19. The number of fused-ring (bicyclic) bond motifs is 1. The number of hydrogen-bond donors (Lipinski definition) is 2. The van der Waals surface area contributed by atoms with Gasteiger partial charge in [0.2, 0.25) is 0 Å². The van der Waals surface area contributed by atoms with Crippen LogP contribution in [0.2, 0.25) is 0 Å². The SMILES string of the molecule is CCCCOc1c(CNC(=O)OC(C)(C)C)n(CC(C)C)c(=O)c2ccc(-c3noc(=O)[nH]3)cc12. The van der Waals surface area contributed by atoms with E-state index in [1.165, 1.54) is 0 Å². The number of aromatic nitrogens is 3. The third-order valence-corrected chi connectivity index (χ3v) is 5.13. The molecule has 10 nitrogen and oxygen atoms in total. The van der Waals surface area contributed by atoms with E-state index in [1.807, 2.05) is 13.8 Å². The van der Waals surface area contributed by atoms with Crippen molar-refractivity contribution in [1.29, 1.82) is 0 Å². The number of unbranched alkanes of at least 4 members (excludes halogenated alkanes) is 1. The van der Waals surface area contributed by atoms with Crippen LogP contribution in [0.5, 0.6) is 5.75 Å². The number of carbonyl (C=O) groups is 1. The number of nitrogens with one attached hydrogen (secondary N) is 2. The zero-order chi connectivity index (χ0) is 25.8. The van der Waals surface area contributed by atoms with Crippen molar-refractivity contribution < 1.29 is 18.8 Å². The van der Waals surface area contributed by atoms with Crippen molar-refractivity contribution in [2.45, 2.75) is 73.1 Å². The largest absolute Gasteiger partial charge is 0.491 e. The van der Waals surface area contributed by atoms with Crippen LogP contribution in [0.4, 0.5) is 4.79 Å². The molecule has 2 aromatic heterocycles. The molecule has 0 unspecified atom stereocenters. The summed E-state index contributed by atoms with van der Waals surface area (Å²) >= 11 is 0. The number of alkyl carbamates (subject to hydrolysis) is 1. The monoisotopic (exact) mass is 486 g/mol. The highest BCUT2D eigenvalue weighted by Gasteiger charge is 2.22. The smallest absolute Gasteiger partial charge is 0.439 e. The maximum atomic E-state index is 13.6. The van der Waals surface area contributed by atoms with Crippen molar-refractivity contribution in [2.24, 2.45) is 5.92 Å². The van der Waals surface area contributed by atoms with E-state index < -0.39 is 17.5 Å². The van der Waals surface area contributed by atoms with Crippen LogP contribution in [-0.4, -0.2) is 33.0 Å². The summed E-state index contributed by atoms with van der Waals surface area (Å²) in [5, 5.41) is 7.55. The minimum absolute atomic E-state index is 0.0410. The lowest BCUT2D eigenvalue weighted by atomic mass is 10.0. The van der Waals surface area contributed by atoms with Crippen molar-refractivity contribution in [1.82, 2.24) is 20.0 Å². The summed E-state index contributed by atoms with van der Waals surface area (Å²) in [4.78, 5) is 40.0. The number of nitrogens with zero attached hydrogens (tertiary/aromatic N) is 2. The van der Waals surface area contributed by atoms with Crippen molar-refractivity contribution in [3.8, 4) is 17.1 Å². The Hall–Kier alpha value is -3.56. The summed E-state index contributed by atoms with van der Waals surface area (Å²) in [5.41, 5.74) is 0.256. The number of aromatic amines is 1. The molecule has 1 aromatic carbocycles. The Morgan fingerprint density at radius 2 is 1.97 bits per heavy atom. The molecular weight excluding hydrogens is 452 g/mol. The van der Waals surface area contributed by atoms with Crippen LogP contribution >= 0.6 is 0 Å². The van der Waals surface area contributed by atoms with Gasteiger partial charge in [0.05, 0.1) is 24.2 Å². The van der Waals surface area contributed by atoms with Crippen LogP contribution in [0, 0.1) is 5.92 Å². The molecule has 0 radical (unpaired) electrons. The number of H-pyrrole nitrogens is 1. The van der Waals surface area contributed by atoms with E-state index in [-0.39, 0.29) is 23.8 Å². The van der Waals surface area contributed by atoms with Gasteiger partial charge in [-0.2, -0.15) is 0 Å². The predicted molar refractivity (Wildman–Crippen MR) is 133 cm³/mol. The van der Waals surface area contributed by atoms with E-state index in [9.17, 15) is 14.4 Å². The predicted octanol–water partition coefficient (Wildman–Crippen LogP) is 4.20. The normalized spacial score (nSPS) is 11.7. The summed E-state index contributed by atoms with van der Waals surface area (Å²) < 4.78 is 17.9. The zero-order valence-electron chi connectivity index (χ0n) is 21.2. The van der Waals surface area contributed by atoms with E-state index >= 15 is 0 Å². The molecule has 0 aliphatic rings. The first-order chi connectivity index (χ1) is 16.5. The van der Waals surface area contributed by atoms with Crippen LogP contribution in [0.15, 0.2) is 32.3 Å². The van der Waals surface area contributed by atoms with E-state index in [0.717, 1.165) is 12.8 Å². The van der Waals surface area contributed by atoms with E-state index in [2.05, 4.69) is 26.9 Å². The minimum atomic E-state index is -0.672. The fourth-order valence-electron chi connectivity index (χ4n) is 3.65. The average molecular weight is 487 g/mol. The van der Waals surface area contributed by atoms with Gasteiger partial charge in [-0.3, -0.25) is 14.3 Å². The maximum absolute atomic E-state index is 13.6. The lowest BCUT2D eigenvalue weighted by Crippen LogP contribution is -2.35. The van der Waals surface area contributed by atoms with E-state index in [1.54, 1.807) is 43.5 Å². The Morgan fingerprint density at radius 1 is 1.23 bits per heavy atom. The standard InChI is InChI=1S/C25H34N4O6/c1-7-8-11-33-20-18-12-16(21-27-24(32)35-28-21)9-10-17(18)22(30)29(14-15(2)3)19(20)13-26-23(31)34-25(4,5)6/h9-10,12,15H,7-8,11,13-14H2,1-6H3,(H,26,31)(H,27,28,32). The highest BCUT2D eigenvalue weighted by atomic mass is 16.6. The number of pyridine rings is 1. The fraction of sp³-hybridized carbons (Fsp3) is 0.520. The molecule has 10 heteroatoms. The molecule has 3 aromatic rings. The molecular formula is C25H34N4O6. The van der Waals surface area contributed by atoms with Crippen LogP contribution in [0.3, 0.4) is 0 Å². The van der Waals surface area contributed by atoms with Crippen LogP contribution in [0.1, 0.15) is 60.1 Å². The first-order valence-electron chi connectivity index (χ1n) is 11.9. The topological polar surface area (TPSA) is 128 Å². The molecule has 0 saturated carbocycles. The number of amides is 1. The molecule has 0 aliphatic heterocycles. The molecule has 2 N–H and O–H groups in total. The van der Waals surface area contributed by atoms with Gasteiger partial charge in [0.15, 0.2) is 5.82 Å². The molecule has 0 aliphatic carbocycles. The lowest BCUT2D eigenvalue weighted by molar-refractivity contribution is 0.0521. The van der Waals surface area contributed by atoms with Crippen molar-refractivity contribution in [3.05, 3.63) is 44.8 Å². The molecule has 1 amide bonds. The fourth-order valence-corrected chi connectivity index (χ4v) is 3.65. The number of benzene rings is 1. The van der Waals surface area contributed by atoms with Crippen LogP contribution in [-0.2, 0) is 17.8 Å². The lowest BCUT2D eigenvalue weighted by Gasteiger charge is -2.23. The second-order valence-corrected chi connectivity index (χ2v) is 9.85. The Kier molecular flexibility index (Phi) is 8.03. The first-order valence-corrected chi connectivity index (χ1v) is 11.9. The quantitative estimate of drug-likeness (QED) is 0.434. The van der Waals surface area contributed by atoms with Gasteiger partial charge in [-0.25, -0.2) is 9.59 Å². The second-order valence-electron chi connectivity index (χ2n) is 9.85.